The fraction of sp³-hybridized carbons (Fsp3) is 0.286. The quantitative estimate of drug-likeness (QED) is 0.814. The van der Waals surface area contributed by atoms with Crippen LogP contribution in [0.25, 0.3) is 17.2 Å². The van der Waals surface area contributed by atoms with Crippen LogP contribution in [0.5, 0.6) is 0 Å². The van der Waals surface area contributed by atoms with Gasteiger partial charge in [0.25, 0.3) is 0 Å². The highest BCUT2D eigenvalue weighted by atomic mass is 28.4. The molecule has 1 heterocycles. The number of carbonyl (C=O) groups excluding carboxylic acids is 1. The summed E-state index contributed by atoms with van der Waals surface area (Å²) in [6.07, 6.45) is 3.23. The van der Waals surface area contributed by atoms with E-state index in [9.17, 15) is 4.79 Å². The van der Waals surface area contributed by atoms with Gasteiger partial charge in [-0.3, -0.25) is 4.79 Å². The van der Waals surface area contributed by atoms with E-state index in [1.807, 2.05) is 6.07 Å². The number of nitrogens with two attached hydrogens (primary N) is 1. The van der Waals surface area contributed by atoms with E-state index < -0.39 is 16.6 Å². The molecule has 0 aromatic heterocycles. The molecule has 4 rings (SSSR count). The number of carbonyl (C=O) groups is 1. The number of hydrogen-bond donors (Lipinski definition) is 1. The molecule has 2 aliphatic rings. The lowest BCUT2D eigenvalue weighted by atomic mass is 9.93. The van der Waals surface area contributed by atoms with Crippen molar-refractivity contribution >= 4 is 39.0 Å². The highest BCUT2D eigenvalue weighted by Gasteiger charge is 2.48. The summed E-state index contributed by atoms with van der Waals surface area (Å²) in [4.78, 5) is 12.3. The van der Waals surface area contributed by atoms with Gasteiger partial charge >= 0.3 is 0 Å². The number of allylic oxidation sites excluding steroid dienone is 1. The van der Waals surface area contributed by atoms with Crippen LogP contribution in [-0.2, 0) is 10.5 Å². The third-order valence-electron chi connectivity index (χ3n) is 5.56. The predicted molar refractivity (Wildman–Crippen MR) is 113 cm³/mol. The summed E-state index contributed by atoms with van der Waals surface area (Å²) in [5, 5.41) is 2.60. The average molecular weight is 380 g/mol. The Morgan fingerprint density at radius 1 is 1.08 bits per heavy atom. The summed E-state index contributed by atoms with van der Waals surface area (Å²) in [6, 6.07) is 10.4. The van der Waals surface area contributed by atoms with Crippen LogP contribution in [0.3, 0.4) is 0 Å². The molecule has 0 bridgehead atoms. The van der Waals surface area contributed by atoms with E-state index >= 15 is 0 Å². The van der Waals surface area contributed by atoms with Crippen molar-refractivity contribution in [3.63, 3.8) is 0 Å². The normalized spacial score (nSPS) is 19.0. The fourth-order valence-corrected chi connectivity index (χ4v) is 15.3. The first-order valence-corrected chi connectivity index (χ1v) is 14.9. The lowest BCUT2D eigenvalue weighted by molar-refractivity contribution is 0.100. The molecule has 0 unspecified atom stereocenters. The molecule has 0 saturated heterocycles. The van der Waals surface area contributed by atoms with E-state index in [-0.39, 0.29) is 5.91 Å². The largest absolute Gasteiger partial charge is 0.449 e. The van der Waals surface area contributed by atoms with Crippen LogP contribution in [0.4, 0.5) is 0 Å². The lowest BCUT2D eigenvalue weighted by Crippen LogP contribution is -2.46. The molecule has 3 nitrogen and oxygen atoms in total. The second-order valence-corrected chi connectivity index (χ2v) is 16.3. The minimum absolute atomic E-state index is 0.365. The van der Waals surface area contributed by atoms with Gasteiger partial charge in [0, 0.05) is 5.56 Å². The first kappa shape index (κ1) is 17.5. The second-order valence-electron chi connectivity index (χ2n) is 8.44. The van der Waals surface area contributed by atoms with Crippen molar-refractivity contribution in [2.24, 2.45) is 5.73 Å². The zero-order chi connectivity index (χ0) is 18.9. The number of fused-ring (bicyclic) bond motifs is 2. The number of rotatable bonds is 2. The lowest BCUT2D eigenvalue weighted by Gasteiger charge is -2.24. The number of primary amides is 1. The third-order valence-corrected chi connectivity index (χ3v) is 13.3. The van der Waals surface area contributed by atoms with Crippen LogP contribution in [0.1, 0.15) is 28.4 Å². The van der Waals surface area contributed by atoms with Gasteiger partial charge in [-0.1, -0.05) is 35.9 Å². The molecular weight excluding hydrogens is 354 g/mol. The minimum atomic E-state index is -2.12. The van der Waals surface area contributed by atoms with Crippen molar-refractivity contribution < 1.29 is 8.91 Å². The Kier molecular flexibility index (Phi) is 3.71. The Balaban J connectivity index is 2.12. The first-order valence-electron chi connectivity index (χ1n) is 9.09. The summed E-state index contributed by atoms with van der Waals surface area (Å²) in [7, 11) is -4.08. The fourth-order valence-electron chi connectivity index (χ4n) is 4.71. The van der Waals surface area contributed by atoms with E-state index in [1.54, 1.807) is 0 Å². The summed E-state index contributed by atoms with van der Waals surface area (Å²) in [5.41, 5.74) is 12.5. The van der Waals surface area contributed by atoms with E-state index in [0.717, 1.165) is 17.5 Å². The SMILES string of the molecule is CC1=Cc2c(cccc2-c2c(C(N)=O)ccc3c2[Si](C)(C)O[Si]3(C)C)C1. The highest BCUT2D eigenvalue weighted by molar-refractivity contribution is 7.06. The van der Waals surface area contributed by atoms with Gasteiger partial charge in [0.2, 0.25) is 22.5 Å². The molecule has 0 atom stereocenters. The molecule has 0 spiro atoms. The van der Waals surface area contributed by atoms with Crippen LogP contribution >= 0.6 is 0 Å². The summed E-state index contributed by atoms with van der Waals surface area (Å²) >= 11 is 0. The first-order chi connectivity index (χ1) is 12.1. The topological polar surface area (TPSA) is 52.3 Å². The van der Waals surface area contributed by atoms with Crippen molar-refractivity contribution in [1.29, 1.82) is 0 Å². The molecule has 0 radical (unpaired) electrons. The van der Waals surface area contributed by atoms with E-state index in [4.69, 9.17) is 9.85 Å². The van der Waals surface area contributed by atoms with Gasteiger partial charge in [-0.2, -0.15) is 0 Å². The van der Waals surface area contributed by atoms with E-state index in [0.29, 0.717) is 5.56 Å². The Labute approximate surface area is 157 Å². The van der Waals surface area contributed by atoms with E-state index in [2.05, 4.69) is 63.5 Å². The molecule has 0 fully saturated rings. The van der Waals surface area contributed by atoms with Gasteiger partial charge in [0.05, 0.1) is 0 Å². The molecular formula is C21H25NO2Si2. The Morgan fingerprint density at radius 3 is 2.50 bits per heavy atom. The Morgan fingerprint density at radius 2 is 1.81 bits per heavy atom. The van der Waals surface area contributed by atoms with Gasteiger partial charge in [-0.05, 0) is 78.2 Å². The van der Waals surface area contributed by atoms with Crippen LogP contribution in [-0.4, -0.2) is 22.5 Å². The van der Waals surface area contributed by atoms with Crippen molar-refractivity contribution in [3.05, 3.63) is 52.6 Å². The summed E-state index contributed by atoms with van der Waals surface area (Å²) in [6.45, 7) is 11.1. The van der Waals surface area contributed by atoms with Gasteiger partial charge in [-0.25, -0.2) is 0 Å². The zero-order valence-electron chi connectivity index (χ0n) is 16.1. The number of hydrogen-bond acceptors (Lipinski definition) is 2. The van der Waals surface area contributed by atoms with Crippen LogP contribution in [0, 0.1) is 0 Å². The van der Waals surface area contributed by atoms with Crippen LogP contribution in [0.2, 0.25) is 26.2 Å². The second kappa shape index (κ2) is 5.52. The smallest absolute Gasteiger partial charge is 0.249 e. The third kappa shape index (κ3) is 2.46. The minimum Gasteiger partial charge on any atom is -0.449 e. The highest BCUT2D eigenvalue weighted by Crippen LogP contribution is 2.37. The van der Waals surface area contributed by atoms with E-state index in [1.165, 1.54) is 27.1 Å². The molecule has 2 aromatic rings. The maximum Gasteiger partial charge on any atom is 0.249 e. The molecule has 1 aliphatic heterocycles. The molecule has 2 N–H and O–H groups in total. The molecule has 26 heavy (non-hydrogen) atoms. The van der Waals surface area contributed by atoms with Crippen LogP contribution in [0.15, 0.2) is 35.9 Å². The predicted octanol–water partition coefficient (Wildman–Crippen LogP) is 3.27. The summed E-state index contributed by atoms with van der Waals surface area (Å²) in [5.74, 6) is -0.365. The van der Waals surface area contributed by atoms with Crippen molar-refractivity contribution in [1.82, 2.24) is 0 Å². The zero-order valence-corrected chi connectivity index (χ0v) is 18.1. The molecule has 0 saturated carbocycles. The van der Waals surface area contributed by atoms with Crippen molar-refractivity contribution in [3.8, 4) is 11.1 Å². The molecule has 5 heteroatoms. The van der Waals surface area contributed by atoms with Gasteiger partial charge in [0.1, 0.15) is 0 Å². The average Bonchev–Trinajstić information content (AvgIpc) is 3.00. The van der Waals surface area contributed by atoms with Crippen molar-refractivity contribution in [2.75, 3.05) is 0 Å². The number of benzene rings is 2. The molecule has 134 valence electrons. The number of amides is 1. The molecule has 1 amide bonds. The maximum absolute atomic E-state index is 12.3. The summed E-state index contributed by atoms with van der Waals surface area (Å²) < 4.78 is 6.65. The van der Waals surface area contributed by atoms with Gasteiger partial charge in [-0.15, -0.1) is 0 Å². The van der Waals surface area contributed by atoms with Gasteiger partial charge in [0.15, 0.2) is 0 Å². The Hall–Kier alpha value is -1.96. The molecule has 2 aromatic carbocycles. The van der Waals surface area contributed by atoms with Crippen LogP contribution < -0.4 is 16.1 Å². The van der Waals surface area contributed by atoms with Gasteiger partial charge < -0.3 is 9.85 Å². The van der Waals surface area contributed by atoms with Crippen molar-refractivity contribution in [2.45, 2.75) is 39.5 Å². The monoisotopic (exact) mass is 379 g/mol. The maximum atomic E-state index is 12.3. The molecule has 1 aliphatic carbocycles. The Bertz CT molecular complexity index is 990. The standard InChI is InChI=1S/C21H25NO2Si2/c1-13-11-14-7-6-8-15(17(14)12-13)19-16(21(22)23)9-10-18-20(19)26(4,5)24-25(18,2)3/h6-10,12H,11H2,1-5H3,(H2,22,23).